The lowest BCUT2D eigenvalue weighted by atomic mass is 10.2. The summed E-state index contributed by atoms with van der Waals surface area (Å²) in [5.41, 5.74) is 3.93. The van der Waals surface area contributed by atoms with Gasteiger partial charge in [-0.05, 0) is 39.8 Å². The van der Waals surface area contributed by atoms with Crippen LogP contribution in [-0.4, -0.2) is 28.0 Å². The lowest BCUT2D eigenvalue weighted by Gasteiger charge is -2.23. The van der Waals surface area contributed by atoms with Crippen LogP contribution in [0.4, 0.5) is 17.3 Å². The first-order chi connectivity index (χ1) is 12.4. The van der Waals surface area contributed by atoms with Crippen molar-refractivity contribution in [2.45, 2.75) is 33.7 Å². The zero-order chi connectivity index (χ0) is 18.7. The van der Waals surface area contributed by atoms with Crippen molar-refractivity contribution in [1.29, 1.82) is 0 Å². The van der Waals surface area contributed by atoms with E-state index in [0.717, 1.165) is 34.3 Å². The number of nitrogens with zero attached hydrogens (tertiary/aromatic N) is 4. The number of hydrogen-bond donors (Lipinski definition) is 1. The molecule has 0 saturated carbocycles. The van der Waals surface area contributed by atoms with Crippen LogP contribution in [-0.2, 0) is 0 Å². The van der Waals surface area contributed by atoms with E-state index in [2.05, 4.69) is 29.0 Å². The number of benzene rings is 1. The first-order valence-corrected chi connectivity index (χ1v) is 8.82. The lowest BCUT2D eigenvalue weighted by molar-refractivity contribution is 0.742. The summed E-state index contributed by atoms with van der Waals surface area (Å²) in [6.45, 7) is 8.27. The van der Waals surface area contributed by atoms with Gasteiger partial charge in [-0.3, -0.25) is 4.98 Å². The summed E-state index contributed by atoms with van der Waals surface area (Å²) < 4.78 is 0. The molecule has 0 spiro atoms. The van der Waals surface area contributed by atoms with Crippen LogP contribution < -0.4 is 10.2 Å². The van der Waals surface area contributed by atoms with Crippen molar-refractivity contribution in [2.75, 3.05) is 17.3 Å². The normalized spacial score (nSPS) is 10.8. The molecule has 0 unspecified atom stereocenters. The Morgan fingerprint density at radius 3 is 2.15 bits per heavy atom. The van der Waals surface area contributed by atoms with E-state index in [1.54, 1.807) is 0 Å². The van der Waals surface area contributed by atoms with Crippen molar-refractivity contribution in [3.63, 3.8) is 0 Å². The number of rotatable bonds is 5. The van der Waals surface area contributed by atoms with E-state index < -0.39 is 0 Å². The topological polar surface area (TPSA) is 53.9 Å². The number of aryl methyl sites for hydroxylation is 2. The van der Waals surface area contributed by atoms with Gasteiger partial charge in [-0.25, -0.2) is 9.97 Å². The standard InChI is InChI=1S/C21H25N5/c1-14(2)26(5)20-13-19(23-18-11-15(3)22-16(4)12-18)24-21(25-20)17-9-7-6-8-10-17/h6-14H,1-5H3,(H,22,23,24,25). The minimum atomic E-state index is 0.340. The molecule has 3 rings (SSSR count). The fourth-order valence-corrected chi connectivity index (χ4v) is 2.71. The van der Waals surface area contributed by atoms with E-state index in [1.807, 2.05) is 69.4 Å². The number of hydrogen-bond acceptors (Lipinski definition) is 5. The first-order valence-electron chi connectivity index (χ1n) is 8.82. The Bertz CT molecular complexity index is 870. The Morgan fingerprint density at radius 2 is 1.54 bits per heavy atom. The first kappa shape index (κ1) is 17.9. The summed E-state index contributed by atoms with van der Waals surface area (Å²) >= 11 is 0. The third kappa shape index (κ3) is 4.17. The Hall–Kier alpha value is -2.95. The molecule has 2 heterocycles. The molecule has 0 aliphatic rings. The maximum atomic E-state index is 4.76. The molecule has 0 aliphatic carbocycles. The molecule has 0 bridgehead atoms. The van der Waals surface area contributed by atoms with Crippen molar-refractivity contribution in [3.05, 3.63) is 59.9 Å². The smallest absolute Gasteiger partial charge is 0.163 e. The molecule has 3 aromatic rings. The molecule has 0 aliphatic heterocycles. The van der Waals surface area contributed by atoms with E-state index >= 15 is 0 Å². The van der Waals surface area contributed by atoms with Gasteiger partial charge in [0.1, 0.15) is 11.6 Å². The SMILES string of the molecule is Cc1cc(Nc2cc(N(C)C(C)C)nc(-c3ccccc3)n2)cc(C)n1. The van der Waals surface area contributed by atoms with Gasteiger partial charge in [0, 0.05) is 41.8 Å². The Morgan fingerprint density at radius 1 is 0.885 bits per heavy atom. The van der Waals surface area contributed by atoms with Crippen LogP contribution in [0.3, 0.4) is 0 Å². The number of aromatic nitrogens is 3. The van der Waals surface area contributed by atoms with E-state index in [9.17, 15) is 0 Å². The second-order valence-electron chi connectivity index (χ2n) is 6.77. The molecule has 5 heteroatoms. The van der Waals surface area contributed by atoms with Crippen LogP contribution in [0, 0.1) is 13.8 Å². The number of anilines is 3. The highest BCUT2D eigenvalue weighted by Gasteiger charge is 2.12. The second kappa shape index (κ2) is 7.52. The molecule has 0 atom stereocenters. The largest absolute Gasteiger partial charge is 0.357 e. The average molecular weight is 347 g/mol. The van der Waals surface area contributed by atoms with Crippen LogP contribution in [0.15, 0.2) is 48.5 Å². The highest BCUT2D eigenvalue weighted by atomic mass is 15.2. The van der Waals surface area contributed by atoms with Crippen molar-refractivity contribution >= 4 is 17.3 Å². The maximum Gasteiger partial charge on any atom is 0.163 e. The molecular formula is C21H25N5. The predicted octanol–water partition coefficient (Wildman–Crippen LogP) is 4.74. The zero-order valence-corrected chi connectivity index (χ0v) is 16.0. The van der Waals surface area contributed by atoms with Crippen LogP contribution in [0.1, 0.15) is 25.2 Å². The van der Waals surface area contributed by atoms with Gasteiger partial charge in [-0.15, -0.1) is 0 Å². The molecule has 1 N–H and O–H groups in total. The van der Waals surface area contributed by atoms with E-state index in [-0.39, 0.29) is 0 Å². The molecule has 2 aromatic heterocycles. The number of nitrogens with one attached hydrogen (secondary N) is 1. The van der Waals surface area contributed by atoms with E-state index in [0.29, 0.717) is 11.9 Å². The van der Waals surface area contributed by atoms with Crippen molar-refractivity contribution < 1.29 is 0 Å². The highest BCUT2D eigenvalue weighted by molar-refractivity contribution is 5.65. The van der Waals surface area contributed by atoms with E-state index in [4.69, 9.17) is 9.97 Å². The third-order valence-corrected chi connectivity index (χ3v) is 4.23. The molecule has 0 fully saturated rings. The maximum absolute atomic E-state index is 4.76. The third-order valence-electron chi connectivity index (χ3n) is 4.23. The molecule has 26 heavy (non-hydrogen) atoms. The van der Waals surface area contributed by atoms with Crippen molar-refractivity contribution in [2.24, 2.45) is 0 Å². The fraction of sp³-hybridized carbons (Fsp3) is 0.286. The molecule has 1 aromatic carbocycles. The summed E-state index contributed by atoms with van der Waals surface area (Å²) in [4.78, 5) is 16.1. The van der Waals surface area contributed by atoms with Crippen molar-refractivity contribution in [3.8, 4) is 11.4 Å². The Kier molecular flexibility index (Phi) is 5.16. The highest BCUT2D eigenvalue weighted by Crippen LogP contribution is 2.25. The van der Waals surface area contributed by atoms with Gasteiger partial charge in [0.05, 0.1) is 0 Å². The van der Waals surface area contributed by atoms with Crippen LogP contribution in [0.5, 0.6) is 0 Å². The van der Waals surface area contributed by atoms with Gasteiger partial charge in [-0.1, -0.05) is 30.3 Å². The molecule has 134 valence electrons. The summed E-state index contributed by atoms with van der Waals surface area (Å²) in [6, 6.07) is 16.4. The molecule has 0 radical (unpaired) electrons. The zero-order valence-electron chi connectivity index (χ0n) is 16.0. The van der Waals surface area contributed by atoms with Crippen LogP contribution in [0.25, 0.3) is 11.4 Å². The Balaban J connectivity index is 2.04. The fourth-order valence-electron chi connectivity index (χ4n) is 2.71. The average Bonchev–Trinajstić information content (AvgIpc) is 2.60. The van der Waals surface area contributed by atoms with Gasteiger partial charge in [-0.2, -0.15) is 0 Å². The minimum absolute atomic E-state index is 0.340. The summed E-state index contributed by atoms with van der Waals surface area (Å²) in [5.74, 6) is 2.37. The van der Waals surface area contributed by atoms with Crippen molar-refractivity contribution in [1.82, 2.24) is 15.0 Å². The number of pyridine rings is 1. The quantitative estimate of drug-likeness (QED) is 0.722. The second-order valence-corrected chi connectivity index (χ2v) is 6.77. The van der Waals surface area contributed by atoms with Gasteiger partial charge < -0.3 is 10.2 Å². The molecule has 0 amide bonds. The Labute approximate surface area is 155 Å². The minimum Gasteiger partial charge on any atom is -0.357 e. The van der Waals surface area contributed by atoms with Gasteiger partial charge in [0.2, 0.25) is 0 Å². The molecular weight excluding hydrogens is 322 g/mol. The van der Waals surface area contributed by atoms with E-state index in [1.165, 1.54) is 0 Å². The van der Waals surface area contributed by atoms with Gasteiger partial charge in [0.25, 0.3) is 0 Å². The predicted molar refractivity (Wildman–Crippen MR) is 108 cm³/mol. The van der Waals surface area contributed by atoms with Gasteiger partial charge in [0.15, 0.2) is 5.82 Å². The molecule has 0 saturated heterocycles. The monoisotopic (exact) mass is 347 g/mol. The summed E-state index contributed by atoms with van der Waals surface area (Å²) in [6.07, 6.45) is 0. The van der Waals surface area contributed by atoms with Crippen LogP contribution in [0.2, 0.25) is 0 Å². The summed E-state index contributed by atoms with van der Waals surface area (Å²) in [7, 11) is 2.05. The van der Waals surface area contributed by atoms with Crippen LogP contribution >= 0.6 is 0 Å². The molecule has 5 nitrogen and oxygen atoms in total. The summed E-state index contributed by atoms with van der Waals surface area (Å²) in [5, 5.41) is 3.41. The lowest BCUT2D eigenvalue weighted by Crippen LogP contribution is -2.26. The van der Waals surface area contributed by atoms with Gasteiger partial charge >= 0.3 is 0 Å².